The fourth-order valence-electron chi connectivity index (χ4n) is 1.52. The number of ether oxygens (including phenoxy) is 2. The Morgan fingerprint density at radius 1 is 1.19 bits per heavy atom. The number of hydrazine groups is 1. The summed E-state index contributed by atoms with van der Waals surface area (Å²) in [6, 6.07) is 5.38. The molecule has 0 unspecified atom stereocenters. The number of carboxylic acids is 1. The van der Waals surface area contributed by atoms with Crippen molar-refractivity contribution in [3.05, 3.63) is 29.8 Å². The minimum Gasteiger partial charge on any atom is -0.497 e. The number of hydrogen-bond acceptors (Lipinski definition) is 5. The molecule has 0 saturated carbocycles. The number of amides is 1. The first-order valence-corrected chi connectivity index (χ1v) is 6.34. The molecule has 0 aromatic heterocycles. The van der Waals surface area contributed by atoms with E-state index in [-0.39, 0.29) is 0 Å². The molecule has 0 radical (unpaired) electrons. The molecule has 7 nitrogen and oxygen atoms in total. The van der Waals surface area contributed by atoms with Crippen LogP contribution in [0.5, 0.6) is 5.75 Å². The molecule has 7 heteroatoms. The van der Waals surface area contributed by atoms with Gasteiger partial charge in [-0.2, -0.15) is 0 Å². The minimum absolute atomic E-state index is 0.472. The summed E-state index contributed by atoms with van der Waals surface area (Å²) in [6.07, 6.45) is -0.748. The van der Waals surface area contributed by atoms with Gasteiger partial charge in [0.25, 0.3) is 0 Å². The largest absolute Gasteiger partial charge is 0.497 e. The van der Waals surface area contributed by atoms with Gasteiger partial charge in [0.05, 0.1) is 7.11 Å². The molecule has 0 heterocycles. The van der Waals surface area contributed by atoms with Gasteiger partial charge in [-0.1, -0.05) is 12.1 Å². The lowest BCUT2D eigenvalue weighted by Gasteiger charge is -2.21. The Kier molecular flexibility index (Phi) is 5.54. The molecule has 0 aliphatic carbocycles. The number of carbonyl (C=O) groups excluding carboxylic acids is 1. The van der Waals surface area contributed by atoms with Crippen LogP contribution in [0, 0.1) is 0 Å². The predicted octanol–water partition coefficient (Wildman–Crippen LogP) is 1.85. The molecule has 21 heavy (non-hydrogen) atoms. The molecule has 0 fully saturated rings. The molecule has 1 amide bonds. The third kappa shape index (κ3) is 5.70. The number of benzene rings is 1. The standard InChI is InChI=1S/C14H20N2O5/c1-14(2,3)21-13(19)16-15-11(12(17)18)9-5-7-10(20-4)8-6-9/h5-8,11,15H,1-4H3,(H,16,19)(H,17,18)/t11-/m1/s1. The Morgan fingerprint density at radius 3 is 2.19 bits per heavy atom. The Balaban J connectivity index is 2.70. The van der Waals surface area contributed by atoms with Crippen LogP contribution in [0.3, 0.4) is 0 Å². The van der Waals surface area contributed by atoms with Crippen LogP contribution in [0.1, 0.15) is 32.4 Å². The number of nitrogens with one attached hydrogen (secondary N) is 2. The molecule has 1 rings (SSSR count). The van der Waals surface area contributed by atoms with E-state index in [4.69, 9.17) is 9.47 Å². The fourth-order valence-corrected chi connectivity index (χ4v) is 1.52. The highest BCUT2D eigenvalue weighted by Crippen LogP contribution is 2.17. The number of rotatable bonds is 5. The van der Waals surface area contributed by atoms with Gasteiger partial charge in [0.1, 0.15) is 17.4 Å². The highest BCUT2D eigenvalue weighted by molar-refractivity contribution is 5.76. The van der Waals surface area contributed by atoms with Crippen LogP contribution in [-0.4, -0.2) is 29.9 Å². The summed E-state index contributed by atoms with van der Waals surface area (Å²) in [6.45, 7) is 5.14. The fraction of sp³-hybridized carbons (Fsp3) is 0.429. The van der Waals surface area contributed by atoms with E-state index in [1.807, 2.05) is 0 Å². The molecular formula is C14H20N2O5. The third-order valence-electron chi connectivity index (χ3n) is 2.41. The lowest BCUT2D eigenvalue weighted by atomic mass is 10.1. The monoisotopic (exact) mass is 296 g/mol. The molecule has 1 atom stereocenters. The molecule has 0 aliphatic rings. The zero-order valence-corrected chi connectivity index (χ0v) is 12.5. The van der Waals surface area contributed by atoms with Crippen molar-refractivity contribution in [2.75, 3.05) is 7.11 Å². The molecule has 1 aromatic rings. The van der Waals surface area contributed by atoms with Gasteiger partial charge in [0.2, 0.25) is 0 Å². The lowest BCUT2D eigenvalue weighted by Crippen LogP contribution is -2.45. The van der Waals surface area contributed by atoms with Crippen molar-refractivity contribution in [3.63, 3.8) is 0 Å². The van der Waals surface area contributed by atoms with E-state index >= 15 is 0 Å². The van der Waals surface area contributed by atoms with Crippen molar-refractivity contribution in [1.29, 1.82) is 0 Å². The highest BCUT2D eigenvalue weighted by atomic mass is 16.6. The van der Waals surface area contributed by atoms with Crippen LogP contribution < -0.4 is 15.6 Å². The number of carboxylic acid groups (broad SMARTS) is 1. The third-order valence-corrected chi connectivity index (χ3v) is 2.41. The van der Waals surface area contributed by atoms with E-state index in [2.05, 4.69) is 10.9 Å². The summed E-state index contributed by atoms with van der Waals surface area (Å²) < 4.78 is 10.0. The van der Waals surface area contributed by atoms with E-state index < -0.39 is 23.7 Å². The average Bonchev–Trinajstić information content (AvgIpc) is 2.37. The van der Waals surface area contributed by atoms with Crippen molar-refractivity contribution < 1.29 is 24.2 Å². The maximum Gasteiger partial charge on any atom is 0.422 e. The van der Waals surface area contributed by atoms with Crippen molar-refractivity contribution in [3.8, 4) is 5.75 Å². The lowest BCUT2D eigenvalue weighted by molar-refractivity contribution is -0.139. The van der Waals surface area contributed by atoms with E-state index in [1.54, 1.807) is 45.0 Å². The van der Waals surface area contributed by atoms with Gasteiger partial charge in [-0.25, -0.2) is 10.2 Å². The Hall–Kier alpha value is -2.28. The minimum atomic E-state index is -1.13. The summed E-state index contributed by atoms with van der Waals surface area (Å²) in [4.78, 5) is 22.8. The molecule has 3 N–H and O–H groups in total. The van der Waals surface area contributed by atoms with Gasteiger partial charge in [-0.05, 0) is 38.5 Å². The van der Waals surface area contributed by atoms with Crippen LogP contribution in [-0.2, 0) is 9.53 Å². The van der Waals surface area contributed by atoms with Crippen LogP contribution in [0.15, 0.2) is 24.3 Å². The quantitative estimate of drug-likeness (QED) is 0.717. The summed E-state index contributed by atoms with van der Waals surface area (Å²) in [5, 5.41) is 9.21. The second kappa shape index (κ2) is 6.94. The van der Waals surface area contributed by atoms with Crippen molar-refractivity contribution in [2.24, 2.45) is 0 Å². The first-order valence-electron chi connectivity index (χ1n) is 6.34. The summed E-state index contributed by atoms with van der Waals surface area (Å²) in [7, 11) is 1.52. The first-order chi connectivity index (χ1) is 9.73. The number of aliphatic carboxylic acids is 1. The van der Waals surface area contributed by atoms with Crippen molar-refractivity contribution in [1.82, 2.24) is 10.9 Å². The smallest absolute Gasteiger partial charge is 0.422 e. The van der Waals surface area contributed by atoms with E-state index in [0.717, 1.165) is 0 Å². The van der Waals surface area contributed by atoms with Crippen LogP contribution in [0.2, 0.25) is 0 Å². The Bertz CT molecular complexity index is 493. The normalized spacial score (nSPS) is 12.4. The van der Waals surface area contributed by atoms with Crippen LogP contribution in [0.4, 0.5) is 4.79 Å². The predicted molar refractivity (Wildman–Crippen MR) is 75.9 cm³/mol. The van der Waals surface area contributed by atoms with E-state index in [1.165, 1.54) is 7.11 Å². The molecule has 1 aromatic carbocycles. The van der Waals surface area contributed by atoms with Gasteiger partial charge in [0.15, 0.2) is 0 Å². The topological polar surface area (TPSA) is 96.9 Å². The van der Waals surface area contributed by atoms with Crippen molar-refractivity contribution in [2.45, 2.75) is 32.4 Å². The summed E-state index contributed by atoms with van der Waals surface area (Å²) in [5.74, 6) is -0.515. The molecule has 116 valence electrons. The molecule has 0 spiro atoms. The first kappa shape index (κ1) is 16.8. The van der Waals surface area contributed by atoms with Crippen molar-refractivity contribution >= 4 is 12.1 Å². The van der Waals surface area contributed by atoms with Gasteiger partial charge in [0, 0.05) is 0 Å². The Labute approximate surface area is 123 Å². The molecular weight excluding hydrogens is 276 g/mol. The zero-order chi connectivity index (χ0) is 16.0. The van der Waals surface area contributed by atoms with E-state index in [9.17, 15) is 14.7 Å². The second-order valence-electron chi connectivity index (χ2n) is 5.32. The maximum atomic E-state index is 11.5. The average molecular weight is 296 g/mol. The number of carbonyl (C=O) groups is 2. The van der Waals surface area contributed by atoms with Gasteiger partial charge >= 0.3 is 12.1 Å². The zero-order valence-electron chi connectivity index (χ0n) is 12.5. The second-order valence-corrected chi connectivity index (χ2v) is 5.32. The van der Waals surface area contributed by atoms with Gasteiger partial charge in [-0.3, -0.25) is 10.2 Å². The molecule has 0 bridgehead atoms. The number of hydrogen-bond donors (Lipinski definition) is 3. The van der Waals surface area contributed by atoms with Crippen LogP contribution >= 0.6 is 0 Å². The summed E-state index contributed by atoms with van der Waals surface area (Å²) >= 11 is 0. The highest BCUT2D eigenvalue weighted by Gasteiger charge is 2.22. The van der Waals surface area contributed by atoms with Gasteiger partial charge in [-0.15, -0.1) is 0 Å². The van der Waals surface area contributed by atoms with Gasteiger partial charge < -0.3 is 14.6 Å². The van der Waals surface area contributed by atoms with E-state index in [0.29, 0.717) is 11.3 Å². The summed E-state index contributed by atoms with van der Waals surface area (Å²) in [5.41, 5.74) is 4.46. The number of methoxy groups -OCH3 is 1. The maximum absolute atomic E-state index is 11.5. The SMILES string of the molecule is COc1ccc([C@@H](NNC(=O)OC(C)(C)C)C(=O)O)cc1. The van der Waals surface area contributed by atoms with Crippen LogP contribution in [0.25, 0.3) is 0 Å². The molecule has 0 saturated heterocycles. The molecule has 0 aliphatic heterocycles. The Morgan fingerprint density at radius 2 is 1.76 bits per heavy atom.